The van der Waals surface area contributed by atoms with Gasteiger partial charge in [0.1, 0.15) is 18.0 Å². The number of nitrogen functional groups attached to an aromatic ring is 1. The van der Waals surface area contributed by atoms with Crippen LogP contribution in [0, 0.1) is 0 Å². The van der Waals surface area contributed by atoms with Crippen molar-refractivity contribution in [3.05, 3.63) is 102 Å². The minimum Gasteiger partial charge on any atom is -0.368 e. The summed E-state index contributed by atoms with van der Waals surface area (Å²) < 4.78 is 3.86. The molecule has 6 aromatic rings. The molecule has 0 aliphatic heterocycles. The van der Waals surface area contributed by atoms with E-state index in [1.165, 1.54) is 6.33 Å². The molecule has 0 fully saturated rings. The lowest BCUT2D eigenvalue weighted by molar-refractivity contribution is 1.01. The quantitative estimate of drug-likeness (QED) is 0.311. The van der Waals surface area contributed by atoms with Gasteiger partial charge in [0.15, 0.2) is 0 Å². The average Bonchev–Trinajstić information content (AvgIpc) is 3.38. The van der Waals surface area contributed by atoms with Crippen molar-refractivity contribution in [3.63, 3.8) is 0 Å². The van der Waals surface area contributed by atoms with Crippen LogP contribution in [0.3, 0.4) is 0 Å². The third kappa shape index (κ3) is 4.42. The molecule has 5 N–H and O–H groups in total. The molecule has 8 nitrogen and oxygen atoms in total. The molecule has 0 radical (unpaired) electrons. The van der Waals surface area contributed by atoms with Crippen molar-refractivity contribution < 1.29 is 0 Å². The molecule has 0 aliphatic rings. The molecule has 0 bridgehead atoms. The SMILES string of the molecule is Clc1cn(-c2ccncn2)c2ccccc12.N.Nc1nccc(-n2cc(Cl)c3ccccc32)n1. The highest BCUT2D eigenvalue weighted by atomic mass is 35.5. The summed E-state index contributed by atoms with van der Waals surface area (Å²) in [4.78, 5) is 16.2. The number of anilines is 1. The first-order valence-corrected chi connectivity index (χ1v) is 10.7. The second-order valence-corrected chi connectivity index (χ2v) is 7.88. The smallest absolute Gasteiger partial charge is 0.221 e. The standard InChI is InChI=1S/C12H9ClN4.C12H8ClN3.H3N/c13-9-7-17(10-4-2-1-3-8(9)10)11-5-6-15-12(14)16-11;13-10-7-16(12-5-6-14-8-15-12)11-4-2-1-3-9(10)11;/h1-7H,(H2,14,15,16);1-8H;1H3. The van der Waals surface area contributed by atoms with Crippen LogP contribution in [0.2, 0.25) is 10.0 Å². The van der Waals surface area contributed by atoms with Crippen molar-refractivity contribution in [2.24, 2.45) is 0 Å². The van der Waals surface area contributed by atoms with Crippen molar-refractivity contribution in [2.75, 3.05) is 5.73 Å². The zero-order valence-corrected chi connectivity index (χ0v) is 19.4. The van der Waals surface area contributed by atoms with E-state index in [9.17, 15) is 0 Å². The molecule has 2 aromatic carbocycles. The fourth-order valence-electron chi connectivity index (χ4n) is 3.58. The highest BCUT2D eigenvalue weighted by Gasteiger charge is 2.09. The number of rotatable bonds is 2. The lowest BCUT2D eigenvalue weighted by Gasteiger charge is -2.03. The average molecular weight is 491 g/mol. The molecule has 6 rings (SSSR count). The summed E-state index contributed by atoms with van der Waals surface area (Å²) >= 11 is 12.3. The van der Waals surface area contributed by atoms with Crippen LogP contribution < -0.4 is 11.9 Å². The molecule has 34 heavy (non-hydrogen) atoms. The summed E-state index contributed by atoms with van der Waals surface area (Å²) in [6, 6.07) is 19.5. The number of hydrogen-bond acceptors (Lipinski definition) is 6. The summed E-state index contributed by atoms with van der Waals surface area (Å²) in [6.45, 7) is 0. The molecule has 0 amide bonds. The maximum atomic E-state index is 6.17. The second-order valence-electron chi connectivity index (χ2n) is 7.07. The Kier molecular flexibility index (Phi) is 6.74. The lowest BCUT2D eigenvalue weighted by atomic mass is 10.2. The van der Waals surface area contributed by atoms with Gasteiger partial charge in [-0.05, 0) is 24.3 Å². The van der Waals surface area contributed by atoms with Crippen LogP contribution in [-0.4, -0.2) is 29.1 Å². The Labute approximate surface area is 205 Å². The summed E-state index contributed by atoms with van der Waals surface area (Å²) in [5, 5.41) is 3.45. The van der Waals surface area contributed by atoms with Crippen LogP contribution in [0.5, 0.6) is 0 Å². The first-order chi connectivity index (χ1) is 16.1. The molecule has 0 aliphatic carbocycles. The first-order valence-electron chi connectivity index (χ1n) is 9.98. The van der Waals surface area contributed by atoms with Gasteiger partial charge in [0, 0.05) is 35.6 Å². The number of benzene rings is 2. The van der Waals surface area contributed by atoms with Crippen LogP contribution >= 0.6 is 23.2 Å². The van der Waals surface area contributed by atoms with Crippen molar-refractivity contribution in [2.45, 2.75) is 0 Å². The van der Waals surface area contributed by atoms with E-state index in [1.807, 2.05) is 76.1 Å². The fraction of sp³-hybridized carbons (Fsp3) is 0. The Hall–Kier alpha value is -3.98. The number of para-hydroxylation sites is 2. The fourth-order valence-corrected chi connectivity index (χ4v) is 4.09. The van der Waals surface area contributed by atoms with Crippen LogP contribution in [0.25, 0.3) is 33.4 Å². The van der Waals surface area contributed by atoms with Crippen molar-refractivity contribution in [3.8, 4) is 11.6 Å². The molecular weight excluding hydrogens is 471 g/mol. The summed E-state index contributed by atoms with van der Waals surface area (Å²) in [6.07, 6.45) is 8.56. The van der Waals surface area contributed by atoms with Gasteiger partial charge in [0.2, 0.25) is 5.95 Å². The van der Waals surface area contributed by atoms with E-state index in [0.717, 1.165) is 32.6 Å². The van der Waals surface area contributed by atoms with E-state index < -0.39 is 0 Å². The van der Waals surface area contributed by atoms with Crippen molar-refractivity contribution in [1.29, 1.82) is 0 Å². The Morgan fingerprint density at radius 3 is 1.79 bits per heavy atom. The van der Waals surface area contributed by atoms with Gasteiger partial charge in [-0.2, -0.15) is 4.98 Å². The predicted molar refractivity (Wildman–Crippen MR) is 137 cm³/mol. The van der Waals surface area contributed by atoms with Gasteiger partial charge >= 0.3 is 0 Å². The Morgan fingerprint density at radius 1 is 0.676 bits per heavy atom. The van der Waals surface area contributed by atoms with Gasteiger partial charge in [-0.15, -0.1) is 0 Å². The van der Waals surface area contributed by atoms with Crippen LogP contribution in [0.1, 0.15) is 0 Å². The first kappa shape index (κ1) is 23.2. The third-order valence-corrected chi connectivity index (χ3v) is 5.65. The van der Waals surface area contributed by atoms with E-state index in [0.29, 0.717) is 10.8 Å². The Bertz CT molecular complexity index is 1560. The molecule has 0 unspecified atom stereocenters. The summed E-state index contributed by atoms with van der Waals surface area (Å²) in [5.74, 6) is 1.77. The third-order valence-electron chi connectivity index (χ3n) is 5.05. The number of halogens is 2. The molecule has 170 valence electrons. The zero-order valence-electron chi connectivity index (χ0n) is 17.9. The molecule has 0 atom stereocenters. The predicted octanol–water partition coefficient (Wildman–Crippen LogP) is 5.89. The minimum absolute atomic E-state index is 0. The zero-order chi connectivity index (χ0) is 22.8. The van der Waals surface area contributed by atoms with E-state index >= 15 is 0 Å². The monoisotopic (exact) mass is 490 g/mol. The van der Waals surface area contributed by atoms with Gasteiger partial charge in [0.25, 0.3) is 0 Å². The van der Waals surface area contributed by atoms with Crippen LogP contribution in [0.15, 0.2) is 91.8 Å². The number of aromatic nitrogens is 6. The maximum Gasteiger partial charge on any atom is 0.221 e. The Balaban J connectivity index is 0.000000157. The number of nitrogens with zero attached hydrogens (tertiary/aromatic N) is 6. The van der Waals surface area contributed by atoms with Crippen LogP contribution in [0.4, 0.5) is 5.95 Å². The van der Waals surface area contributed by atoms with Crippen molar-refractivity contribution >= 4 is 51.0 Å². The number of hydrogen-bond donors (Lipinski definition) is 2. The largest absolute Gasteiger partial charge is 0.368 e. The van der Waals surface area contributed by atoms with Crippen molar-refractivity contribution in [1.82, 2.24) is 35.2 Å². The minimum atomic E-state index is 0. The Morgan fingerprint density at radius 2 is 1.24 bits per heavy atom. The van der Waals surface area contributed by atoms with Gasteiger partial charge < -0.3 is 11.9 Å². The maximum absolute atomic E-state index is 6.17. The van der Waals surface area contributed by atoms with E-state index in [1.54, 1.807) is 18.5 Å². The summed E-state index contributed by atoms with van der Waals surface area (Å²) in [5.41, 5.74) is 7.62. The molecule has 10 heteroatoms. The highest BCUT2D eigenvalue weighted by molar-refractivity contribution is 6.36. The molecule has 4 aromatic heterocycles. The molecular formula is C24H20Cl2N8. The topological polar surface area (TPSA) is 122 Å². The molecule has 0 spiro atoms. The number of fused-ring (bicyclic) bond motifs is 2. The number of nitrogens with two attached hydrogens (primary N) is 1. The second kappa shape index (κ2) is 9.88. The molecule has 0 saturated heterocycles. The normalized spacial score (nSPS) is 10.5. The van der Waals surface area contributed by atoms with E-state index in [-0.39, 0.29) is 12.1 Å². The van der Waals surface area contributed by atoms with Gasteiger partial charge in [-0.25, -0.2) is 15.0 Å². The highest BCUT2D eigenvalue weighted by Crippen LogP contribution is 2.28. The van der Waals surface area contributed by atoms with Gasteiger partial charge in [0.05, 0.1) is 21.1 Å². The van der Waals surface area contributed by atoms with Gasteiger partial charge in [-0.1, -0.05) is 59.6 Å². The van der Waals surface area contributed by atoms with E-state index in [2.05, 4.69) is 19.9 Å². The van der Waals surface area contributed by atoms with Crippen LogP contribution in [-0.2, 0) is 0 Å². The molecule has 4 heterocycles. The van der Waals surface area contributed by atoms with E-state index in [4.69, 9.17) is 28.9 Å². The summed E-state index contributed by atoms with van der Waals surface area (Å²) in [7, 11) is 0. The lowest BCUT2D eigenvalue weighted by Crippen LogP contribution is -2.00. The van der Waals surface area contributed by atoms with Gasteiger partial charge in [-0.3, -0.25) is 9.13 Å². The molecule has 0 saturated carbocycles.